The molecular weight excluding hydrogens is 308 g/mol. The lowest BCUT2D eigenvalue weighted by molar-refractivity contribution is 0.0711. The Kier molecular flexibility index (Phi) is 4.64. The highest BCUT2D eigenvalue weighted by Crippen LogP contribution is 2.22. The molecule has 0 spiro atoms. The van der Waals surface area contributed by atoms with Gasteiger partial charge < -0.3 is 15.0 Å². The summed E-state index contributed by atoms with van der Waals surface area (Å²) in [7, 11) is 3.42. The van der Waals surface area contributed by atoms with E-state index in [0.29, 0.717) is 30.5 Å². The van der Waals surface area contributed by atoms with Gasteiger partial charge >= 0.3 is 0 Å². The van der Waals surface area contributed by atoms with Gasteiger partial charge in [0.25, 0.3) is 11.8 Å². The summed E-state index contributed by atoms with van der Waals surface area (Å²) >= 11 is 0. The number of ether oxygens (including phenoxy) is 1. The van der Waals surface area contributed by atoms with Gasteiger partial charge in [-0.3, -0.25) is 9.48 Å². The van der Waals surface area contributed by atoms with E-state index in [-0.39, 0.29) is 11.9 Å². The highest BCUT2D eigenvalue weighted by atomic mass is 16.5. The molecule has 0 unspecified atom stereocenters. The maximum Gasteiger partial charge on any atom is 0.274 e. The number of nitrogens with one attached hydrogen (secondary N) is 1. The number of methoxy groups -OCH3 is 1. The van der Waals surface area contributed by atoms with Gasteiger partial charge in [-0.25, -0.2) is 9.97 Å². The van der Waals surface area contributed by atoms with Gasteiger partial charge in [0.2, 0.25) is 0 Å². The van der Waals surface area contributed by atoms with Crippen molar-refractivity contribution in [3.63, 3.8) is 0 Å². The molecule has 128 valence electrons. The molecule has 0 bridgehead atoms. The fourth-order valence-electron chi connectivity index (χ4n) is 2.82. The predicted molar refractivity (Wildman–Crippen MR) is 89.1 cm³/mol. The number of carbonyl (C=O) groups excluding carboxylic acids is 1. The highest BCUT2D eigenvalue weighted by Gasteiger charge is 2.26. The van der Waals surface area contributed by atoms with E-state index in [1.165, 1.54) is 0 Å². The van der Waals surface area contributed by atoms with Gasteiger partial charge in [0.1, 0.15) is 0 Å². The van der Waals surface area contributed by atoms with Crippen LogP contribution in [0.4, 0.5) is 5.82 Å². The van der Waals surface area contributed by atoms with E-state index < -0.39 is 0 Å². The molecule has 0 aliphatic carbocycles. The largest absolute Gasteiger partial charge is 0.478 e. The zero-order chi connectivity index (χ0) is 17.1. The highest BCUT2D eigenvalue weighted by molar-refractivity contribution is 5.92. The Morgan fingerprint density at radius 1 is 1.29 bits per heavy atom. The van der Waals surface area contributed by atoms with Crippen molar-refractivity contribution in [2.24, 2.45) is 7.05 Å². The minimum absolute atomic E-state index is 0.00534. The molecule has 0 radical (unpaired) electrons. The number of amides is 1. The second-order valence-electron chi connectivity index (χ2n) is 5.92. The molecule has 8 heteroatoms. The molecule has 0 aromatic carbocycles. The van der Waals surface area contributed by atoms with Crippen LogP contribution in [0.3, 0.4) is 0 Å². The Labute approximate surface area is 140 Å². The molecule has 0 atom stereocenters. The average molecular weight is 330 g/mol. The van der Waals surface area contributed by atoms with Gasteiger partial charge in [-0.05, 0) is 25.8 Å². The Morgan fingerprint density at radius 2 is 2.00 bits per heavy atom. The van der Waals surface area contributed by atoms with Crippen molar-refractivity contribution in [1.82, 2.24) is 24.6 Å². The molecule has 1 amide bonds. The van der Waals surface area contributed by atoms with Crippen molar-refractivity contribution in [2.45, 2.75) is 25.8 Å². The van der Waals surface area contributed by atoms with E-state index in [2.05, 4.69) is 20.4 Å². The molecule has 8 nitrogen and oxygen atoms in total. The van der Waals surface area contributed by atoms with Crippen LogP contribution in [-0.4, -0.2) is 56.8 Å². The third-order valence-corrected chi connectivity index (χ3v) is 4.31. The number of piperidine rings is 1. The van der Waals surface area contributed by atoms with Gasteiger partial charge in [-0.15, -0.1) is 0 Å². The predicted octanol–water partition coefficient (Wildman–Crippen LogP) is 1.24. The van der Waals surface area contributed by atoms with Crippen LogP contribution < -0.4 is 10.1 Å². The zero-order valence-corrected chi connectivity index (χ0v) is 14.2. The number of carbonyl (C=O) groups is 1. The Morgan fingerprint density at radius 3 is 2.62 bits per heavy atom. The molecule has 1 fully saturated rings. The average Bonchev–Trinajstić information content (AvgIpc) is 2.94. The van der Waals surface area contributed by atoms with Crippen molar-refractivity contribution in [3.05, 3.63) is 29.8 Å². The number of nitrogens with zero attached hydrogens (tertiary/aromatic N) is 5. The number of aromatic nitrogens is 4. The van der Waals surface area contributed by atoms with Gasteiger partial charge in [0, 0.05) is 44.3 Å². The topological polar surface area (TPSA) is 85.2 Å². The number of aryl methyl sites for hydroxylation is 2. The molecule has 2 aromatic heterocycles. The molecule has 3 heterocycles. The second kappa shape index (κ2) is 6.86. The summed E-state index contributed by atoms with van der Waals surface area (Å²) in [5.41, 5.74) is 1.49. The van der Waals surface area contributed by atoms with Gasteiger partial charge in [0.05, 0.1) is 7.11 Å². The first-order valence-corrected chi connectivity index (χ1v) is 8.00. The minimum Gasteiger partial charge on any atom is -0.478 e. The lowest BCUT2D eigenvalue weighted by atomic mass is 10.0. The van der Waals surface area contributed by atoms with Crippen LogP contribution in [0.2, 0.25) is 0 Å². The maximum atomic E-state index is 12.5. The standard InChI is InChI=1S/C16H22N6O2/c1-11-10-13(20-21(11)2)16(23)22-8-4-12(5-9-22)19-14-15(24-3)18-7-6-17-14/h6-7,10,12H,4-5,8-9H2,1-3H3,(H,17,19). The first-order valence-electron chi connectivity index (χ1n) is 8.00. The first-order chi connectivity index (χ1) is 11.6. The van der Waals surface area contributed by atoms with Crippen molar-refractivity contribution in [1.29, 1.82) is 0 Å². The number of likely N-dealkylation sites (tertiary alicyclic amines) is 1. The van der Waals surface area contributed by atoms with Gasteiger partial charge in [0.15, 0.2) is 11.5 Å². The van der Waals surface area contributed by atoms with Crippen LogP contribution in [0, 0.1) is 6.92 Å². The third kappa shape index (κ3) is 3.32. The summed E-state index contributed by atoms with van der Waals surface area (Å²) < 4.78 is 6.93. The Balaban J connectivity index is 1.58. The van der Waals surface area contributed by atoms with Crippen LogP contribution in [-0.2, 0) is 7.05 Å². The smallest absolute Gasteiger partial charge is 0.274 e. The van der Waals surface area contributed by atoms with Crippen molar-refractivity contribution < 1.29 is 9.53 Å². The van der Waals surface area contributed by atoms with Gasteiger partial charge in [-0.2, -0.15) is 5.10 Å². The summed E-state index contributed by atoms with van der Waals surface area (Å²) in [6.07, 6.45) is 4.92. The molecule has 24 heavy (non-hydrogen) atoms. The van der Waals surface area contributed by atoms with Crippen LogP contribution in [0.1, 0.15) is 29.0 Å². The van der Waals surface area contributed by atoms with Crippen molar-refractivity contribution in [3.8, 4) is 5.88 Å². The molecule has 1 N–H and O–H groups in total. The molecular formula is C16H22N6O2. The van der Waals surface area contributed by atoms with Crippen LogP contribution >= 0.6 is 0 Å². The monoisotopic (exact) mass is 330 g/mol. The lowest BCUT2D eigenvalue weighted by Gasteiger charge is -2.32. The van der Waals surface area contributed by atoms with E-state index in [4.69, 9.17) is 4.74 Å². The minimum atomic E-state index is -0.00534. The van der Waals surface area contributed by atoms with E-state index in [0.717, 1.165) is 18.5 Å². The lowest BCUT2D eigenvalue weighted by Crippen LogP contribution is -2.42. The van der Waals surface area contributed by atoms with Gasteiger partial charge in [-0.1, -0.05) is 0 Å². The third-order valence-electron chi connectivity index (χ3n) is 4.31. The normalized spacial score (nSPS) is 15.4. The second-order valence-corrected chi connectivity index (χ2v) is 5.92. The zero-order valence-electron chi connectivity index (χ0n) is 14.2. The summed E-state index contributed by atoms with van der Waals surface area (Å²) in [6.45, 7) is 3.32. The maximum absolute atomic E-state index is 12.5. The number of hydrogen-bond donors (Lipinski definition) is 1. The summed E-state index contributed by atoms with van der Waals surface area (Å²) in [5, 5.41) is 7.63. The Hall–Kier alpha value is -2.64. The fourth-order valence-corrected chi connectivity index (χ4v) is 2.82. The van der Waals surface area contributed by atoms with Crippen LogP contribution in [0.5, 0.6) is 5.88 Å². The van der Waals surface area contributed by atoms with E-state index in [9.17, 15) is 4.79 Å². The van der Waals surface area contributed by atoms with E-state index >= 15 is 0 Å². The number of rotatable bonds is 4. The van der Waals surface area contributed by atoms with Crippen molar-refractivity contribution >= 4 is 11.7 Å². The molecule has 1 aliphatic heterocycles. The summed E-state index contributed by atoms with van der Waals surface area (Å²) in [6, 6.07) is 2.07. The quantitative estimate of drug-likeness (QED) is 0.908. The first kappa shape index (κ1) is 16.2. The van der Waals surface area contributed by atoms with Crippen molar-refractivity contribution in [2.75, 3.05) is 25.5 Å². The molecule has 1 aliphatic rings. The van der Waals surface area contributed by atoms with E-state index in [1.54, 1.807) is 24.2 Å². The summed E-state index contributed by atoms with van der Waals surface area (Å²) in [5.74, 6) is 1.12. The van der Waals surface area contributed by atoms with Crippen LogP contribution in [0.15, 0.2) is 18.5 Å². The number of anilines is 1. The fraction of sp³-hybridized carbons (Fsp3) is 0.500. The molecule has 1 saturated heterocycles. The molecule has 2 aromatic rings. The SMILES string of the molecule is COc1nccnc1NC1CCN(C(=O)c2cc(C)n(C)n2)CC1. The number of hydrogen-bond acceptors (Lipinski definition) is 6. The summed E-state index contributed by atoms with van der Waals surface area (Å²) in [4.78, 5) is 22.8. The van der Waals surface area contributed by atoms with E-state index in [1.807, 2.05) is 24.9 Å². The molecule has 3 rings (SSSR count). The van der Waals surface area contributed by atoms with Crippen LogP contribution in [0.25, 0.3) is 0 Å². The molecule has 0 saturated carbocycles. The Bertz CT molecular complexity index is 702.